The Morgan fingerprint density at radius 2 is 2.14 bits per heavy atom. The fraction of sp³-hybridized carbons (Fsp3) is 0.250. The maximum atomic E-state index is 10.3. The van der Waals surface area contributed by atoms with Gasteiger partial charge in [-0.3, -0.25) is 4.79 Å². The fourth-order valence-electron chi connectivity index (χ4n) is 1.31. The van der Waals surface area contributed by atoms with Gasteiger partial charge in [0.05, 0.1) is 0 Å². The van der Waals surface area contributed by atoms with Crippen LogP contribution in [0.15, 0.2) is 30.3 Å². The van der Waals surface area contributed by atoms with E-state index in [1.165, 1.54) is 0 Å². The van der Waals surface area contributed by atoms with Gasteiger partial charge in [-0.25, -0.2) is 0 Å². The minimum Gasteiger partial charge on any atom is -0.428 e. The summed E-state index contributed by atoms with van der Waals surface area (Å²) in [7, 11) is 0. The molecular formula is C12H14O2. The molecule has 0 bridgehead atoms. The van der Waals surface area contributed by atoms with Crippen LogP contribution in [0, 0.1) is 6.92 Å². The Labute approximate surface area is 84.2 Å². The number of hydrogen-bond acceptors (Lipinski definition) is 2. The molecule has 1 aromatic rings. The second-order valence-electron chi connectivity index (χ2n) is 3.01. The summed E-state index contributed by atoms with van der Waals surface area (Å²) in [6, 6.07) is 7.83. The molecular weight excluding hydrogens is 176 g/mol. The number of allylic oxidation sites excluding steroid dienone is 1. The Bertz CT molecular complexity index is 340. The first-order valence-electron chi connectivity index (χ1n) is 4.66. The first-order chi connectivity index (χ1) is 6.79. The lowest BCUT2D eigenvalue weighted by molar-refractivity contribution is -0.122. The molecule has 2 heteroatoms. The topological polar surface area (TPSA) is 26.3 Å². The van der Waals surface area contributed by atoms with Gasteiger partial charge in [0.1, 0.15) is 5.76 Å². The average Bonchev–Trinajstić information content (AvgIpc) is 2.18. The third-order valence-corrected chi connectivity index (χ3v) is 1.98. The summed E-state index contributed by atoms with van der Waals surface area (Å²) in [4.78, 5) is 10.3. The van der Waals surface area contributed by atoms with E-state index in [0.29, 0.717) is 12.2 Å². The molecule has 0 saturated carbocycles. The molecule has 0 saturated heterocycles. The van der Waals surface area contributed by atoms with Gasteiger partial charge < -0.3 is 4.74 Å². The molecule has 0 heterocycles. The zero-order valence-electron chi connectivity index (χ0n) is 8.49. The number of hydrogen-bond donors (Lipinski definition) is 0. The highest BCUT2D eigenvalue weighted by molar-refractivity contribution is 5.67. The minimum atomic E-state index is 0.466. The summed E-state index contributed by atoms with van der Waals surface area (Å²) in [6.07, 6.45) is 2.74. The van der Waals surface area contributed by atoms with Crippen LogP contribution in [-0.4, -0.2) is 6.47 Å². The van der Waals surface area contributed by atoms with Crippen molar-refractivity contribution in [1.82, 2.24) is 0 Å². The van der Waals surface area contributed by atoms with Crippen molar-refractivity contribution in [3.8, 4) is 0 Å². The number of aryl methyl sites for hydroxylation is 1. The lowest BCUT2D eigenvalue weighted by Gasteiger charge is -2.07. The maximum absolute atomic E-state index is 10.3. The standard InChI is InChI=1S/C12H14O2/c1-3-6-12(14-9-13)11-8-5-4-7-10(11)2/h4-9H,3H2,1-2H3/b12-6+. The Hall–Kier alpha value is -1.57. The molecule has 1 rings (SSSR count). The zero-order chi connectivity index (χ0) is 10.4. The van der Waals surface area contributed by atoms with E-state index in [0.717, 1.165) is 17.5 Å². The summed E-state index contributed by atoms with van der Waals surface area (Å²) in [5, 5.41) is 0. The highest BCUT2D eigenvalue weighted by atomic mass is 16.5. The second kappa shape index (κ2) is 5.22. The molecule has 0 fully saturated rings. The van der Waals surface area contributed by atoms with Crippen molar-refractivity contribution in [2.24, 2.45) is 0 Å². The number of carbonyl (C=O) groups is 1. The van der Waals surface area contributed by atoms with Crippen LogP contribution in [0.3, 0.4) is 0 Å². The van der Waals surface area contributed by atoms with E-state index in [1.807, 2.05) is 44.2 Å². The summed E-state index contributed by atoms with van der Waals surface area (Å²) < 4.78 is 4.93. The van der Waals surface area contributed by atoms with Crippen LogP contribution in [0.1, 0.15) is 24.5 Å². The van der Waals surface area contributed by atoms with Gasteiger partial charge in [-0.2, -0.15) is 0 Å². The van der Waals surface area contributed by atoms with E-state index < -0.39 is 0 Å². The molecule has 2 nitrogen and oxygen atoms in total. The molecule has 74 valence electrons. The van der Waals surface area contributed by atoms with Crippen LogP contribution >= 0.6 is 0 Å². The molecule has 0 aliphatic carbocycles. The van der Waals surface area contributed by atoms with Gasteiger partial charge in [0.2, 0.25) is 0 Å². The van der Waals surface area contributed by atoms with Gasteiger partial charge in [0, 0.05) is 5.56 Å². The van der Waals surface area contributed by atoms with Crippen LogP contribution in [0.25, 0.3) is 5.76 Å². The second-order valence-corrected chi connectivity index (χ2v) is 3.01. The van der Waals surface area contributed by atoms with Gasteiger partial charge in [-0.05, 0) is 25.0 Å². The first kappa shape index (κ1) is 10.5. The van der Waals surface area contributed by atoms with Crippen molar-refractivity contribution in [1.29, 1.82) is 0 Å². The van der Waals surface area contributed by atoms with Crippen molar-refractivity contribution in [2.75, 3.05) is 0 Å². The molecule has 0 unspecified atom stereocenters. The molecule has 1 aromatic carbocycles. The smallest absolute Gasteiger partial charge is 0.298 e. The Kier molecular flexibility index (Phi) is 3.92. The molecule has 0 aliphatic rings. The summed E-state index contributed by atoms with van der Waals surface area (Å²) in [5.74, 6) is 0.639. The van der Waals surface area contributed by atoms with E-state index in [1.54, 1.807) is 0 Å². The normalized spacial score (nSPS) is 11.1. The Morgan fingerprint density at radius 3 is 2.71 bits per heavy atom. The van der Waals surface area contributed by atoms with Crippen molar-refractivity contribution < 1.29 is 9.53 Å². The predicted octanol–water partition coefficient (Wildman–Crippen LogP) is 2.92. The third-order valence-electron chi connectivity index (χ3n) is 1.98. The molecule has 0 atom stereocenters. The van der Waals surface area contributed by atoms with Crippen LogP contribution in [0.5, 0.6) is 0 Å². The van der Waals surface area contributed by atoms with Gasteiger partial charge in [0.15, 0.2) is 0 Å². The Morgan fingerprint density at radius 1 is 1.43 bits per heavy atom. The van der Waals surface area contributed by atoms with Crippen molar-refractivity contribution >= 4 is 12.2 Å². The van der Waals surface area contributed by atoms with Crippen molar-refractivity contribution in [3.63, 3.8) is 0 Å². The van der Waals surface area contributed by atoms with Crippen LogP contribution in [-0.2, 0) is 9.53 Å². The van der Waals surface area contributed by atoms with E-state index in [-0.39, 0.29) is 0 Å². The molecule has 0 aliphatic heterocycles. The largest absolute Gasteiger partial charge is 0.428 e. The molecule has 14 heavy (non-hydrogen) atoms. The summed E-state index contributed by atoms with van der Waals surface area (Å²) in [6.45, 7) is 4.47. The minimum absolute atomic E-state index is 0.466. The number of benzene rings is 1. The van der Waals surface area contributed by atoms with Gasteiger partial charge in [0.25, 0.3) is 6.47 Å². The molecule has 0 spiro atoms. The van der Waals surface area contributed by atoms with Crippen LogP contribution in [0.2, 0.25) is 0 Å². The monoisotopic (exact) mass is 190 g/mol. The Balaban J connectivity index is 3.05. The maximum Gasteiger partial charge on any atom is 0.298 e. The van der Waals surface area contributed by atoms with E-state index in [2.05, 4.69) is 0 Å². The van der Waals surface area contributed by atoms with Gasteiger partial charge in [-0.1, -0.05) is 31.2 Å². The highest BCUT2D eigenvalue weighted by Gasteiger charge is 2.04. The van der Waals surface area contributed by atoms with Gasteiger partial charge in [-0.15, -0.1) is 0 Å². The van der Waals surface area contributed by atoms with E-state index >= 15 is 0 Å². The molecule has 0 aromatic heterocycles. The quantitative estimate of drug-likeness (QED) is 0.539. The number of rotatable bonds is 4. The lowest BCUT2D eigenvalue weighted by Crippen LogP contribution is -1.92. The zero-order valence-corrected chi connectivity index (χ0v) is 8.49. The summed E-state index contributed by atoms with van der Waals surface area (Å²) in [5.41, 5.74) is 2.08. The van der Waals surface area contributed by atoms with E-state index in [9.17, 15) is 4.79 Å². The molecule has 0 radical (unpaired) electrons. The highest BCUT2D eigenvalue weighted by Crippen LogP contribution is 2.19. The summed E-state index contributed by atoms with van der Waals surface area (Å²) >= 11 is 0. The van der Waals surface area contributed by atoms with Crippen molar-refractivity contribution in [3.05, 3.63) is 41.5 Å². The predicted molar refractivity (Wildman–Crippen MR) is 56.6 cm³/mol. The van der Waals surface area contributed by atoms with E-state index in [4.69, 9.17) is 4.74 Å². The average molecular weight is 190 g/mol. The third kappa shape index (κ3) is 2.46. The SMILES string of the molecule is CC/C=C(/OC=O)c1ccccc1C. The number of ether oxygens (including phenoxy) is 1. The number of carbonyl (C=O) groups excluding carboxylic acids is 1. The van der Waals surface area contributed by atoms with Crippen molar-refractivity contribution in [2.45, 2.75) is 20.3 Å². The lowest BCUT2D eigenvalue weighted by atomic mass is 10.1. The molecule has 0 amide bonds. The first-order valence-corrected chi connectivity index (χ1v) is 4.66. The fourth-order valence-corrected chi connectivity index (χ4v) is 1.31. The van der Waals surface area contributed by atoms with Crippen LogP contribution in [0.4, 0.5) is 0 Å². The molecule has 0 N–H and O–H groups in total. The van der Waals surface area contributed by atoms with Gasteiger partial charge >= 0.3 is 0 Å². The van der Waals surface area contributed by atoms with Crippen LogP contribution < -0.4 is 0 Å².